The lowest BCUT2D eigenvalue weighted by atomic mass is 9.97. The molecule has 132 valence electrons. The van der Waals surface area contributed by atoms with Crippen molar-refractivity contribution in [1.29, 1.82) is 0 Å². The number of fused-ring (bicyclic) bond motifs is 1. The van der Waals surface area contributed by atoms with Gasteiger partial charge < -0.3 is 19.7 Å². The SMILES string of the molecule is c1c(N2CCOCC2)cc(OC2CCCCC2)c2c1NCCCC2. The predicted octanol–water partition coefficient (Wildman–Crippen LogP) is 3.98. The minimum Gasteiger partial charge on any atom is -0.490 e. The van der Waals surface area contributed by atoms with Gasteiger partial charge in [0.05, 0.1) is 19.3 Å². The molecule has 2 fully saturated rings. The van der Waals surface area contributed by atoms with Crippen LogP contribution in [0.4, 0.5) is 11.4 Å². The van der Waals surface area contributed by atoms with Gasteiger partial charge in [-0.25, -0.2) is 0 Å². The summed E-state index contributed by atoms with van der Waals surface area (Å²) in [6, 6.07) is 4.63. The molecule has 1 aliphatic carbocycles. The Kier molecular flexibility index (Phi) is 5.12. The highest BCUT2D eigenvalue weighted by atomic mass is 16.5. The number of hydrogen-bond donors (Lipinski definition) is 1. The second kappa shape index (κ2) is 7.64. The van der Waals surface area contributed by atoms with Crippen molar-refractivity contribution in [2.45, 2.75) is 57.5 Å². The van der Waals surface area contributed by atoms with E-state index in [-0.39, 0.29) is 0 Å². The van der Waals surface area contributed by atoms with Crippen LogP contribution in [0.25, 0.3) is 0 Å². The Morgan fingerprint density at radius 1 is 1.00 bits per heavy atom. The molecule has 1 N–H and O–H groups in total. The number of hydrogen-bond acceptors (Lipinski definition) is 4. The third-order valence-electron chi connectivity index (χ3n) is 5.58. The molecule has 2 heterocycles. The van der Waals surface area contributed by atoms with Crippen molar-refractivity contribution in [3.8, 4) is 5.75 Å². The van der Waals surface area contributed by atoms with Crippen LogP contribution >= 0.6 is 0 Å². The highest BCUT2D eigenvalue weighted by molar-refractivity contribution is 5.68. The zero-order chi connectivity index (χ0) is 16.2. The van der Waals surface area contributed by atoms with E-state index in [1.54, 1.807) is 0 Å². The molecule has 0 bridgehead atoms. The number of rotatable bonds is 3. The van der Waals surface area contributed by atoms with Gasteiger partial charge in [0.15, 0.2) is 0 Å². The van der Waals surface area contributed by atoms with Crippen molar-refractivity contribution >= 4 is 11.4 Å². The Balaban J connectivity index is 1.63. The van der Waals surface area contributed by atoms with Crippen LogP contribution in [0.15, 0.2) is 12.1 Å². The second-order valence-electron chi connectivity index (χ2n) is 7.33. The summed E-state index contributed by atoms with van der Waals surface area (Å²) >= 11 is 0. The van der Waals surface area contributed by atoms with Gasteiger partial charge in [-0.3, -0.25) is 0 Å². The van der Waals surface area contributed by atoms with E-state index in [1.165, 1.54) is 61.9 Å². The number of ether oxygens (including phenoxy) is 2. The summed E-state index contributed by atoms with van der Waals surface area (Å²) < 4.78 is 12.1. The molecule has 24 heavy (non-hydrogen) atoms. The van der Waals surface area contributed by atoms with Gasteiger partial charge in [0.2, 0.25) is 0 Å². The summed E-state index contributed by atoms with van der Waals surface area (Å²) in [6.45, 7) is 4.67. The molecule has 0 atom stereocenters. The number of morpholine rings is 1. The smallest absolute Gasteiger partial charge is 0.127 e. The molecule has 1 saturated heterocycles. The van der Waals surface area contributed by atoms with Gasteiger partial charge in [0.1, 0.15) is 5.75 Å². The van der Waals surface area contributed by atoms with Crippen molar-refractivity contribution in [1.82, 2.24) is 0 Å². The van der Waals surface area contributed by atoms with Gasteiger partial charge in [-0.15, -0.1) is 0 Å². The van der Waals surface area contributed by atoms with E-state index in [0.29, 0.717) is 6.10 Å². The summed E-state index contributed by atoms with van der Waals surface area (Å²) in [5, 5.41) is 3.64. The highest BCUT2D eigenvalue weighted by Gasteiger charge is 2.22. The number of nitrogens with zero attached hydrogens (tertiary/aromatic N) is 1. The van der Waals surface area contributed by atoms with Crippen LogP contribution in [0.3, 0.4) is 0 Å². The van der Waals surface area contributed by atoms with Gasteiger partial charge in [-0.2, -0.15) is 0 Å². The molecule has 4 nitrogen and oxygen atoms in total. The van der Waals surface area contributed by atoms with Gasteiger partial charge in [-0.05, 0) is 51.0 Å². The first-order valence-electron chi connectivity index (χ1n) is 9.80. The van der Waals surface area contributed by atoms with E-state index in [0.717, 1.165) is 45.0 Å². The van der Waals surface area contributed by atoms with Gasteiger partial charge in [0.25, 0.3) is 0 Å². The molecule has 1 saturated carbocycles. The van der Waals surface area contributed by atoms with Crippen LogP contribution in [0.2, 0.25) is 0 Å². The fourth-order valence-electron chi connectivity index (χ4n) is 4.17. The molecule has 1 aromatic rings. The monoisotopic (exact) mass is 330 g/mol. The van der Waals surface area contributed by atoms with Crippen molar-refractivity contribution in [3.05, 3.63) is 17.7 Å². The Labute approximate surface area is 145 Å². The largest absolute Gasteiger partial charge is 0.490 e. The fourth-order valence-corrected chi connectivity index (χ4v) is 4.17. The van der Waals surface area contributed by atoms with Gasteiger partial charge >= 0.3 is 0 Å². The first kappa shape index (κ1) is 16.1. The lowest BCUT2D eigenvalue weighted by molar-refractivity contribution is 0.122. The summed E-state index contributed by atoms with van der Waals surface area (Å²) in [7, 11) is 0. The maximum Gasteiger partial charge on any atom is 0.127 e. The quantitative estimate of drug-likeness (QED) is 0.909. The van der Waals surface area contributed by atoms with Crippen LogP contribution in [0.1, 0.15) is 50.5 Å². The van der Waals surface area contributed by atoms with Gasteiger partial charge in [-0.1, -0.05) is 6.42 Å². The Bertz CT molecular complexity index is 549. The summed E-state index contributed by atoms with van der Waals surface area (Å²) in [5.41, 5.74) is 3.98. The topological polar surface area (TPSA) is 33.7 Å². The van der Waals surface area contributed by atoms with Crippen LogP contribution in [-0.4, -0.2) is 39.0 Å². The fraction of sp³-hybridized carbons (Fsp3) is 0.700. The Morgan fingerprint density at radius 3 is 2.67 bits per heavy atom. The van der Waals surface area contributed by atoms with E-state index >= 15 is 0 Å². The molecule has 3 aliphatic rings. The van der Waals surface area contributed by atoms with E-state index in [4.69, 9.17) is 9.47 Å². The molecule has 0 aromatic heterocycles. The number of anilines is 2. The minimum absolute atomic E-state index is 0.408. The van der Waals surface area contributed by atoms with Crippen LogP contribution < -0.4 is 15.0 Å². The van der Waals surface area contributed by atoms with Crippen molar-refractivity contribution in [3.63, 3.8) is 0 Å². The molecule has 2 aliphatic heterocycles. The van der Waals surface area contributed by atoms with Gasteiger partial charge in [0, 0.05) is 42.6 Å². The molecule has 4 heteroatoms. The lowest BCUT2D eigenvalue weighted by Crippen LogP contribution is -2.36. The average Bonchev–Trinajstić information content (AvgIpc) is 2.89. The summed E-state index contributed by atoms with van der Waals surface area (Å²) in [4.78, 5) is 2.43. The zero-order valence-corrected chi connectivity index (χ0v) is 14.7. The Hall–Kier alpha value is -1.42. The molecular formula is C20H30N2O2. The van der Waals surface area contributed by atoms with Crippen molar-refractivity contribution in [2.24, 2.45) is 0 Å². The van der Waals surface area contributed by atoms with E-state index in [2.05, 4.69) is 22.3 Å². The van der Waals surface area contributed by atoms with Crippen LogP contribution in [0, 0.1) is 0 Å². The first-order chi connectivity index (χ1) is 11.9. The molecule has 0 amide bonds. The number of nitrogens with one attached hydrogen (secondary N) is 1. The zero-order valence-electron chi connectivity index (χ0n) is 14.7. The normalized spacial score (nSPS) is 22.4. The molecule has 0 radical (unpaired) electrons. The summed E-state index contributed by atoms with van der Waals surface area (Å²) in [6.07, 6.45) is 10.5. The molecule has 4 rings (SSSR count). The number of benzene rings is 1. The molecular weight excluding hydrogens is 300 g/mol. The Morgan fingerprint density at radius 2 is 1.83 bits per heavy atom. The van der Waals surface area contributed by atoms with Crippen LogP contribution in [-0.2, 0) is 11.2 Å². The third kappa shape index (κ3) is 3.64. The van der Waals surface area contributed by atoms with E-state index in [9.17, 15) is 0 Å². The molecule has 0 unspecified atom stereocenters. The van der Waals surface area contributed by atoms with Crippen molar-refractivity contribution in [2.75, 3.05) is 43.1 Å². The molecule has 0 spiro atoms. The van der Waals surface area contributed by atoms with Crippen molar-refractivity contribution < 1.29 is 9.47 Å². The van der Waals surface area contributed by atoms with Crippen LogP contribution in [0.5, 0.6) is 5.75 Å². The average molecular weight is 330 g/mol. The first-order valence-corrected chi connectivity index (χ1v) is 9.80. The maximum atomic E-state index is 6.54. The predicted molar refractivity (Wildman–Crippen MR) is 98.4 cm³/mol. The standard InChI is InChI=1S/C20H30N2O2/c1-2-6-17(7-3-1)24-20-15-16(22-10-12-23-13-11-22)14-19-18(20)8-4-5-9-21-19/h14-15,17,21H,1-13H2. The summed E-state index contributed by atoms with van der Waals surface area (Å²) in [5.74, 6) is 1.13. The minimum atomic E-state index is 0.408. The second-order valence-corrected chi connectivity index (χ2v) is 7.33. The van der Waals surface area contributed by atoms with E-state index in [1.807, 2.05) is 0 Å². The highest BCUT2D eigenvalue weighted by Crippen LogP contribution is 2.37. The lowest BCUT2D eigenvalue weighted by Gasteiger charge is -2.31. The molecule has 1 aromatic carbocycles. The van der Waals surface area contributed by atoms with E-state index < -0.39 is 0 Å². The maximum absolute atomic E-state index is 6.54. The third-order valence-corrected chi connectivity index (χ3v) is 5.58.